The second-order valence-electron chi connectivity index (χ2n) is 6.29. The zero-order chi connectivity index (χ0) is 15.6. The molecule has 0 spiro atoms. The summed E-state index contributed by atoms with van der Waals surface area (Å²) in [4.78, 5) is 23.8. The first-order valence-electron chi connectivity index (χ1n) is 7.45. The van der Waals surface area contributed by atoms with Gasteiger partial charge in [0.1, 0.15) is 0 Å². The number of carbonyl (C=O) groups excluding carboxylic acids is 1. The Hall–Kier alpha value is -1.84. The molecule has 0 atom stereocenters. The smallest absolute Gasteiger partial charge is 0.310 e. The molecule has 114 valence electrons. The summed E-state index contributed by atoms with van der Waals surface area (Å²) in [6, 6.07) is 4.04. The first-order chi connectivity index (χ1) is 9.84. The summed E-state index contributed by atoms with van der Waals surface area (Å²) in [5.41, 5.74) is 3.12. The predicted molar refractivity (Wildman–Crippen MR) is 82.4 cm³/mol. The molecule has 2 rings (SSSR count). The third-order valence-electron chi connectivity index (χ3n) is 4.45. The van der Waals surface area contributed by atoms with Crippen molar-refractivity contribution < 1.29 is 14.7 Å². The van der Waals surface area contributed by atoms with E-state index < -0.39 is 11.4 Å². The van der Waals surface area contributed by atoms with Crippen LogP contribution in [0.4, 0.5) is 5.69 Å². The number of rotatable bonds is 4. The van der Waals surface area contributed by atoms with E-state index in [1.54, 1.807) is 0 Å². The van der Waals surface area contributed by atoms with Crippen LogP contribution >= 0.6 is 0 Å². The molecule has 4 nitrogen and oxygen atoms in total. The third-order valence-corrected chi connectivity index (χ3v) is 4.45. The number of benzene rings is 1. The van der Waals surface area contributed by atoms with Gasteiger partial charge < -0.3 is 10.4 Å². The van der Waals surface area contributed by atoms with Crippen molar-refractivity contribution in [2.45, 2.75) is 52.9 Å². The molecule has 4 heteroatoms. The Morgan fingerprint density at radius 3 is 2.14 bits per heavy atom. The number of carboxylic acids is 1. The van der Waals surface area contributed by atoms with E-state index in [9.17, 15) is 14.7 Å². The fourth-order valence-corrected chi connectivity index (χ4v) is 3.39. The van der Waals surface area contributed by atoms with Gasteiger partial charge in [0, 0.05) is 12.1 Å². The van der Waals surface area contributed by atoms with Crippen LogP contribution in [0.25, 0.3) is 0 Å². The standard InChI is InChI=1S/C17H23NO3/c1-11-8-12(2)15(13(3)9-11)18-14(19)10-17(16(20)21)6-4-5-7-17/h8-9H,4-7,10H2,1-3H3,(H,18,19)(H,20,21). The zero-order valence-electron chi connectivity index (χ0n) is 13.0. The maximum absolute atomic E-state index is 12.3. The molecule has 1 aliphatic carbocycles. The van der Waals surface area contributed by atoms with E-state index in [-0.39, 0.29) is 12.3 Å². The molecule has 2 N–H and O–H groups in total. The summed E-state index contributed by atoms with van der Waals surface area (Å²) in [5.74, 6) is -1.04. The molecule has 1 aliphatic rings. The lowest BCUT2D eigenvalue weighted by Gasteiger charge is -2.23. The van der Waals surface area contributed by atoms with Crippen molar-refractivity contribution in [3.8, 4) is 0 Å². The Balaban J connectivity index is 2.14. The molecule has 1 aromatic carbocycles. The minimum absolute atomic E-state index is 0.0646. The van der Waals surface area contributed by atoms with Crippen molar-refractivity contribution in [1.29, 1.82) is 0 Å². The number of hydrogen-bond acceptors (Lipinski definition) is 2. The molecule has 0 unspecified atom stereocenters. The molecule has 21 heavy (non-hydrogen) atoms. The van der Waals surface area contributed by atoms with Crippen molar-refractivity contribution >= 4 is 17.6 Å². The van der Waals surface area contributed by atoms with Crippen LogP contribution in [-0.4, -0.2) is 17.0 Å². The van der Waals surface area contributed by atoms with Gasteiger partial charge in [-0.3, -0.25) is 9.59 Å². The summed E-state index contributed by atoms with van der Waals surface area (Å²) in [5, 5.41) is 12.4. The largest absolute Gasteiger partial charge is 0.481 e. The maximum Gasteiger partial charge on any atom is 0.310 e. The van der Waals surface area contributed by atoms with E-state index in [0.717, 1.165) is 35.2 Å². The third kappa shape index (κ3) is 3.26. The van der Waals surface area contributed by atoms with Crippen LogP contribution < -0.4 is 5.32 Å². The van der Waals surface area contributed by atoms with E-state index >= 15 is 0 Å². The fraction of sp³-hybridized carbons (Fsp3) is 0.529. The molecule has 1 fully saturated rings. The minimum Gasteiger partial charge on any atom is -0.481 e. The van der Waals surface area contributed by atoms with Gasteiger partial charge in [-0.15, -0.1) is 0 Å². The summed E-state index contributed by atoms with van der Waals surface area (Å²) >= 11 is 0. The van der Waals surface area contributed by atoms with E-state index in [0.29, 0.717) is 12.8 Å². The van der Waals surface area contributed by atoms with Crippen molar-refractivity contribution in [2.75, 3.05) is 5.32 Å². The fourth-order valence-electron chi connectivity index (χ4n) is 3.39. The molecule has 0 bridgehead atoms. The summed E-state index contributed by atoms with van der Waals surface area (Å²) < 4.78 is 0. The van der Waals surface area contributed by atoms with Gasteiger partial charge in [-0.05, 0) is 44.7 Å². The Morgan fingerprint density at radius 2 is 1.67 bits per heavy atom. The van der Waals surface area contributed by atoms with Crippen LogP contribution in [0.5, 0.6) is 0 Å². The predicted octanol–water partition coefficient (Wildman–Crippen LogP) is 3.59. The van der Waals surface area contributed by atoms with Gasteiger partial charge >= 0.3 is 5.97 Å². The Kier molecular flexibility index (Phi) is 4.35. The number of anilines is 1. The first-order valence-corrected chi connectivity index (χ1v) is 7.45. The maximum atomic E-state index is 12.3. The quantitative estimate of drug-likeness (QED) is 0.890. The van der Waals surface area contributed by atoms with Gasteiger partial charge in [0.25, 0.3) is 0 Å². The van der Waals surface area contributed by atoms with Crippen molar-refractivity contribution in [2.24, 2.45) is 5.41 Å². The first kappa shape index (κ1) is 15.5. The summed E-state index contributed by atoms with van der Waals surface area (Å²) in [7, 11) is 0. The Bertz CT molecular complexity index is 548. The van der Waals surface area contributed by atoms with Gasteiger partial charge in [0.05, 0.1) is 5.41 Å². The molecule has 1 aromatic rings. The number of carbonyl (C=O) groups is 2. The SMILES string of the molecule is Cc1cc(C)c(NC(=O)CC2(C(=O)O)CCCC2)c(C)c1. The molecule has 0 saturated heterocycles. The molecule has 1 amide bonds. The van der Waals surface area contributed by atoms with E-state index in [1.807, 2.05) is 32.9 Å². The van der Waals surface area contributed by atoms with Crippen molar-refractivity contribution in [3.63, 3.8) is 0 Å². The van der Waals surface area contributed by atoms with Gasteiger partial charge in [-0.1, -0.05) is 30.5 Å². The molecule has 0 aromatic heterocycles. The Morgan fingerprint density at radius 1 is 1.14 bits per heavy atom. The lowest BCUT2D eigenvalue weighted by molar-refractivity contribution is -0.150. The topological polar surface area (TPSA) is 66.4 Å². The Labute approximate surface area is 125 Å². The normalized spacial score (nSPS) is 16.7. The number of aryl methyl sites for hydroxylation is 3. The average Bonchev–Trinajstić information content (AvgIpc) is 2.83. The number of hydrogen-bond donors (Lipinski definition) is 2. The lowest BCUT2D eigenvalue weighted by Crippen LogP contribution is -2.33. The van der Waals surface area contributed by atoms with Crippen LogP contribution in [0.1, 0.15) is 48.8 Å². The van der Waals surface area contributed by atoms with Crippen molar-refractivity contribution in [3.05, 3.63) is 28.8 Å². The highest BCUT2D eigenvalue weighted by molar-refractivity contribution is 5.95. The summed E-state index contributed by atoms with van der Waals surface area (Å²) in [6.45, 7) is 5.93. The molecule has 0 heterocycles. The van der Waals surface area contributed by atoms with Gasteiger partial charge in [-0.2, -0.15) is 0 Å². The zero-order valence-corrected chi connectivity index (χ0v) is 13.0. The van der Waals surface area contributed by atoms with E-state index in [4.69, 9.17) is 0 Å². The van der Waals surface area contributed by atoms with E-state index in [1.165, 1.54) is 0 Å². The van der Waals surface area contributed by atoms with Crippen LogP contribution in [0.2, 0.25) is 0 Å². The second-order valence-corrected chi connectivity index (χ2v) is 6.29. The highest BCUT2D eigenvalue weighted by Gasteiger charge is 2.43. The minimum atomic E-state index is -0.864. The molecular formula is C17H23NO3. The van der Waals surface area contributed by atoms with Gasteiger partial charge in [0.2, 0.25) is 5.91 Å². The molecular weight excluding hydrogens is 266 g/mol. The highest BCUT2D eigenvalue weighted by Crippen LogP contribution is 2.41. The lowest BCUT2D eigenvalue weighted by atomic mass is 9.82. The van der Waals surface area contributed by atoms with Gasteiger partial charge in [0.15, 0.2) is 0 Å². The molecule has 0 radical (unpaired) electrons. The monoisotopic (exact) mass is 289 g/mol. The van der Waals surface area contributed by atoms with Crippen molar-refractivity contribution in [1.82, 2.24) is 0 Å². The summed E-state index contributed by atoms with van der Waals surface area (Å²) in [6.07, 6.45) is 3.04. The van der Waals surface area contributed by atoms with Crippen LogP contribution in [-0.2, 0) is 9.59 Å². The van der Waals surface area contributed by atoms with Crippen LogP contribution in [0.3, 0.4) is 0 Å². The van der Waals surface area contributed by atoms with Crippen LogP contribution in [0.15, 0.2) is 12.1 Å². The molecule has 0 aliphatic heterocycles. The van der Waals surface area contributed by atoms with Crippen LogP contribution in [0, 0.1) is 26.2 Å². The second kappa shape index (κ2) is 5.88. The average molecular weight is 289 g/mol. The number of amides is 1. The number of aliphatic carboxylic acids is 1. The van der Waals surface area contributed by atoms with Gasteiger partial charge in [-0.25, -0.2) is 0 Å². The van der Waals surface area contributed by atoms with E-state index in [2.05, 4.69) is 5.32 Å². The number of nitrogens with one attached hydrogen (secondary N) is 1. The number of carboxylic acid groups (broad SMARTS) is 1. The highest BCUT2D eigenvalue weighted by atomic mass is 16.4. The molecule has 1 saturated carbocycles.